The highest BCUT2D eigenvalue weighted by atomic mass is 16.5. The number of rotatable bonds is 8. The molecule has 1 saturated heterocycles. The second-order valence-electron chi connectivity index (χ2n) is 5.85. The van der Waals surface area contributed by atoms with Gasteiger partial charge in [-0.05, 0) is 30.5 Å². The van der Waals surface area contributed by atoms with Gasteiger partial charge in [0.1, 0.15) is 19.0 Å². The van der Waals surface area contributed by atoms with Crippen LogP contribution >= 0.6 is 0 Å². The lowest BCUT2D eigenvalue weighted by molar-refractivity contribution is 0.0128. The van der Waals surface area contributed by atoms with Gasteiger partial charge in [0.25, 0.3) is 0 Å². The fourth-order valence-electron chi connectivity index (χ4n) is 2.72. The van der Waals surface area contributed by atoms with Crippen LogP contribution in [0.3, 0.4) is 0 Å². The first kappa shape index (κ1) is 18.0. The maximum atomic E-state index is 9.23. The molecule has 0 aliphatic carbocycles. The van der Waals surface area contributed by atoms with Gasteiger partial charge in [0.05, 0.1) is 31.0 Å². The van der Waals surface area contributed by atoms with Crippen LogP contribution in [0.15, 0.2) is 42.0 Å². The van der Waals surface area contributed by atoms with Crippen molar-refractivity contribution in [1.29, 1.82) is 10.5 Å². The third-order valence-electron chi connectivity index (χ3n) is 3.99. The molecule has 2 rings (SSSR count). The maximum Gasteiger partial charge on any atom is 0.134 e. The number of hydrogen-bond acceptors (Lipinski definition) is 5. The Morgan fingerprint density at radius 2 is 2.12 bits per heavy atom. The maximum absolute atomic E-state index is 9.23. The van der Waals surface area contributed by atoms with Crippen LogP contribution in [0.2, 0.25) is 0 Å². The van der Waals surface area contributed by atoms with Gasteiger partial charge in [-0.1, -0.05) is 25.1 Å². The summed E-state index contributed by atoms with van der Waals surface area (Å²) in [5.74, 6) is 1.20. The summed E-state index contributed by atoms with van der Waals surface area (Å²) in [6.45, 7) is 2.96. The molecular weight excluding hydrogens is 304 g/mol. The molecule has 0 radical (unpaired) electrons. The molecule has 0 spiro atoms. The van der Waals surface area contributed by atoms with Crippen molar-refractivity contribution in [3.63, 3.8) is 0 Å². The number of nitrogens with zero attached hydrogens (tertiary/aromatic N) is 2. The molecule has 5 heteroatoms. The van der Waals surface area contributed by atoms with E-state index in [2.05, 4.69) is 13.0 Å². The molecule has 126 valence electrons. The molecule has 24 heavy (non-hydrogen) atoms. The number of hydrogen-bond donors (Lipinski definition) is 0. The Morgan fingerprint density at radius 1 is 1.33 bits per heavy atom. The average Bonchev–Trinajstić information content (AvgIpc) is 2.96. The molecule has 0 N–H and O–H groups in total. The predicted molar refractivity (Wildman–Crippen MR) is 89.1 cm³/mol. The van der Waals surface area contributed by atoms with Crippen LogP contribution < -0.4 is 4.74 Å². The lowest BCUT2D eigenvalue weighted by Gasteiger charge is -2.15. The van der Waals surface area contributed by atoms with Crippen molar-refractivity contribution in [2.45, 2.75) is 32.0 Å². The highest BCUT2D eigenvalue weighted by molar-refractivity contribution is 5.22. The normalized spacial score (nSPS) is 23.5. The van der Waals surface area contributed by atoms with Gasteiger partial charge in [-0.25, -0.2) is 0 Å². The van der Waals surface area contributed by atoms with Crippen LogP contribution in [-0.4, -0.2) is 32.0 Å². The standard InChI is InChI=1S/C19H22N2O3/c1-15-11-18(14-23-17-5-3-2-4-6-17)24-19(15)12-16(13-21)7-9-22-10-8-20/h2-7,15,18-19H,9-12,14H2,1H3/b16-7-/t15-,18?,19?/m0/s1. The number of nitriles is 2. The zero-order valence-electron chi connectivity index (χ0n) is 13.9. The Morgan fingerprint density at radius 3 is 2.83 bits per heavy atom. The minimum atomic E-state index is 0.0104. The molecule has 0 saturated carbocycles. The molecule has 1 aliphatic heterocycles. The molecule has 1 aromatic carbocycles. The summed E-state index contributed by atoms with van der Waals surface area (Å²) in [6.07, 6.45) is 3.26. The number of benzene rings is 1. The van der Waals surface area contributed by atoms with E-state index in [1.54, 1.807) is 6.08 Å². The lowest BCUT2D eigenvalue weighted by Crippen LogP contribution is -2.19. The molecule has 3 atom stereocenters. The highest BCUT2D eigenvalue weighted by Gasteiger charge is 2.33. The SMILES string of the molecule is C[C@H]1CC(COc2ccccc2)OC1C/C(C#N)=C/COCC#N. The van der Waals surface area contributed by atoms with Crippen LogP contribution in [-0.2, 0) is 9.47 Å². The smallest absolute Gasteiger partial charge is 0.134 e. The van der Waals surface area contributed by atoms with E-state index in [-0.39, 0.29) is 25.4 Å². The topological polar surface area (TPSA) is 75.3 Å². The van der Waals surface area contributed by atoms with Gasteiger partial charge >= 0.3 is 0 Å². The zero-order valence-corrected chi connectivity index (χ0v) is 13.9. The molecular formula is C19H22N2O3. The van der Waals surface area contributed by atoms with E-state index in [1.807, 2.05) is 36.4 Å². The molecule has 0 aromatic heterocycles. The third-order valence-corrected chi connectivity index (χ3v) is 3.99. The van der Waals surface area contributed by atoms with Crippen molar-refractivity contribution < 1.29 is 14.2 Å². The molecule has 1 fully saturated rings. The first-order valence-electron chi connectivity index (χ1n) is 8.10. The van der Waals surface area contributed by atoms with E-state index < -0.39 is 0 Å². The molecule has 0 bridgehead atoms. The van der Waals surface area contributed by atoms with Crippen LogP contribution in [0.1, 0.15) is 19.8 Å². The second-order valence-corrected chi connectivity index (χ2v) is 5.85. The van der Waals surface area contributed by atoms with Crippen molar-refractivity contribution >= 4 is 0 Å². The summed E-state index contributed by atoms with van der Waals surface area (Å²) < 4.78 is 16.9. The van der Waals surface area contributed by atoms with E-state index >= 15 is 0 Å². The van der Waals surface area contributed by atoms with Crippen molar-refractivity contribution in [2.24, 2.45) is 5.92 Å². The van der Waals surface area contributed by atoms with E-state index in [1.165, 1.54) is 0 Å². The van der Waals surface area contributed by atoms with Crippen LogP contribution in [0.5, 0.6) is 5.75 Å². The van der Waals surface area contributed by atoms with Crippen molar-refractivity contribution in [3.05, 3.63) is 42.0 Å². The Labute approximate surface area is 143 Å². The van der Waals surface area contributed by atoms with Gasteiger partial charge in [-0.2, -0.15) is 10.5 Å². The minimum absolute atomic E-state index is 0.0104. The van der Waals surface area contributed by atoms with Crippen LogP contribution in [0.4, 0.5) is 0 Å². The van der Waals surface area contributed by atoms with Gasteiger partial charge in [0, 0.05) is 12.0 Å². The Bertz CT molecular complexity index is 616. The highest BCUT2D eigenvalue weighted by Crippen LogP contribution is 2.30. The second kappa shape index (κ2) is 9.72. The largest absolute Gasteiger partial charge is 0.491 e. The molecule has 1 heterocycles. The number of ether oxygens (including phenoxy) is 3. The van der Waals surface area contributed by atoms with Gasteiger partial charge in [-0.15, -0.1) is 0 Å². The number of para-hydroxylation sites is 1. The van der Waals surface area contributed by atoms with Crippen LogP contribution in [0, 0.1) is 28.6 Å². The Hall–Kier alpha value is -2.34. The summed E-state index contributed by atoms with van der Waals surface area (Å²) >= 11 is 0. The first-order chi connectivity index (χ1) is 11.7. The van der Waals surface area contributed by atoms with E-state index in [4.69, 9.17) is 19.5 Å². The molecule has 1 aromatic rings. The predicted octanol–water partition coefficient (Wildman–Crippen LogP) is 3.24. The lowest BCUT2D eigenvalue weighted by atomic mass is 9.96. The third kappa shape index (κ3) is 5.70. The van der Waals surface area contributed by atoms with Gasteiger partial charge in [0.2, 0.25) is 0 Å². The molecule has 0 amide bonds. The zero-order chi connectivity index (χ0) is 17.2. The van der Waals surface area contributed by atoms with E-state index in [0.717, 1.165) is 12.2 Å². The minimum Gasteiger partial charge on any atom is -0.491 e. The summed E-state index contributed by atoms with van der Waals surface area (Å²) in [4.78, 5) is 0. The quantitative estimate of drug-likeness (QED) is 0.541. The van der Waals surface area contributed by atoms with Crippen LogP contribution in [0.25, 0.3) is 0 Å². The van der Waals surface area contributed by atoms with Crippen molar-refractivity contribution in [1.82, 2.24) is 0 Å². The van der Waals surface area contributed by atoms with Crippen molar-refractivity contribution in [2.75, 3.05) is 19.8 Å². The Kier molecular flexibility index (Phi) is 7.29. The summed E-state index contributed by atoms with van der Waals surface area (Å²) in [5.41, 5.74) is 0.634. The molecule has 1 aliphatic rings. The fourth-order valence-corrected chi connectivity index (χ4v) is 2.72. The van der Waals surface area contributed by atoms with E-state index in [9.17, 15) is 5.26 Å². The summed E-state index contributed by atoms with van der Waals surface area (Å²) in [5, 5.41) is 17.7. The monoisotopic (exact) mass is 326 g/mol. The van der Waals surface area contributed by atoms with Crippen molar-refractivity contribution in [3.8, 4) is 17.9 Å². The molecule has 5 nitrogen and oxygen atoms in total. The summed E-state index contributed by atoms with van der Waals surface area (Å²) in [6, 6.07) is 13.8. The average molecular weight is 326 g/mol. The first-order valence-corrected chi connectivity index (χ1v) is 8.10. The molecule has 2 unspecified atom stereocenters. The fraction of sp³-hybridized carbons (Fsp3) is 0.474. The summed E-state index contributed by atoms with van der Waals surface area (Å²) in [7, 11) is 0. The van der Waals surface area contributed by atoms with E-state index in [0.29, 0.717) is 24.5 Å². The van der Waals surface area contributed by atoms with Gasteiger partial charge in [0.15, 0.2) is 0 Å². The van der Waals surface area contributed by atoms with Gasteiger partial charge < -0.3 is 14.2 Å². The Balaban J connectivity index is 1.80. The van der Waals surface area contributed by atoms with Gasteiger partial charge in [-0.3, -0.25) is 0 Å².